The van der Waals surface area contributed by atoms with Crippen molar-refractivity contribution in [1.82, 2.24) is 10.6 Å². The lowest BCUT2D eigenvalue weighted by molar-refractivity contribution is -0.0154. The van der Waals surface area contributed by atoms with Crippen molar-refractivity contribution in [3.63, 3.8) is 0 Å². The van der Waals surface area contributed by atoms with Crippen LogP contribution in [-0.2, 0) is 0 Å². The van der Waals surface area contributed by atoms with Gasteiger partial charge in [-0.15, -0.1) is 0 Å². The van der Waals surface area contributed by atoms with E-state index in [2.05, 4.69) is 41.6 Å². The van der Waals surface area contributed by atoms with Crippen LogP contribution in [-0.4, -0.2) is 46.8 Å². The summed E-state index contributed by atoms with van der Waals surface area (Å²) in [5, 5.41) is 17.7. The minimum Gasteiger partial charge on any atom is -0.387 e. The Kier molecular flexibility index (Phi) is 5.78. The van der Waals surface area contributed by atoms with Gasteiger partial charge in [0.2, 0.25) is 0 Å². The number of nitrogens with zero attached hydrogens (tertiary/aromatic N) is 1. The normalized spacial score (nSPS) is 30.4. The predicted molar refractivity (Wildman–Crippen MR) is 87.4 cm³/mol. The highest BCUT2D eigenvalue weighted by molar-refractivity contribution is 8.00. The summed E-state index contributed by atoms with van der Waals surface area (Å²) in [5.41, 5.74) is -0.600. The van der Waals surface area contributed by atoms with Gasteiger partial charge < -0.3 is 15.7 Å². The molecule has 4 nitrogen and oxygen atoms in total. The van der Waals surface area contributed by atoms with E-state index in [4.69, 9.17) is 0 Å². The molecule has 1 saturated carbocycles. The number of aliphatic imine (C=N–C) groups is 1. The Hall–Kier alpha value is -0.680. The Morgan fingerprint density at radius 1 is 1.40 bits per heavy atom. The fourth-order valence-corrected chi connectivity index (χ4v) is 3.87. The maximum absolute atomic E-state index is 10.6. The van der Waals surface area contributed by atoms with Gasteiger partial charge in [0.25, 0.3) is 0 Å². The lowest BCUT2D eigenvalue weighted by Gasteiger charge is -2.44. The molecule has 0 saturated heterocycles. The molecule has 0 aromatic rings. The van der Waals surface area contributed by atoms with Gasteiger partial charge in [-0.2, -0.15) is 11.8 Å². The van der Waals surface area contributed by atoms with Crippen LogP contribution >= 0.6 is 11.8 Å². The summed E-state index contributed by atoms with van der Waals surface area (Å²) >= 11 is 1.85. The molecule has 114 valence electrons. The van der Waals surface area contributed by atoms with E-state index in [-0.39, 0.29) is 0 Å². The van der Waals surface area contributed by atoms with Gasteiger partial charge in [0.05, 0.1) is 12.1 Å². The third-order valence-electron chi connectivity index (χ3n) is 4.01. The number of aliphatic hydroxyl groups is 1. The largest absolute Gasteiger partial charge is 0.387 e. The topological polar surface area (TPSA) is 56.7 Å². The smallest absolute Gasteiger partial charge is 0.191 e. The van der Waals surface area contributed by atoms with Crippen molar-refractivity contribution < 1.29 is 5.11 Å². The molecule has 0 aromatic carbocycles. The molecule has 0 heterocycles. The maximum Gasteiger partial charge on any atom is 0.191 e. The van der Waals surface area contributed by atoms with E-state index in [1.807, 2.05) is 11.8 Å². The van der Waals surface area contributed by atoms with Gasteiger partial charge in [0.15, 0.2) is 5.96 Å². The molecular formula is C15H27N3OS. The number of rotatable bonds is 6. The minimum atomic E-state index is -0.600. The van der Waals surface area contributed by atoms with Gasteiger partial charge in [0, 0.05) is 17.8 Å². The van der Waals surface area contributed by atoms with Crippen molar-refractivity contribution in [3.05, 3.63) is 12.2 Å². The SMILES string of the molecule is CCNC(=NCC1(O)CCC1SCC)NC1CC=CC1. The molecule has 2 aliphatic rings. The molecule has 0 amide bonds. The van der Waals surface area contributed by atoms with Crippen LogP contribution in [0.1, 0.15) is 39.5 Å². The average molecular weight is 297 g/mol. The molecular weight excluding hydrogens is 270 g/mol. The fraction of sp³-hybridized carbons (Fsp3) is 0.800. The zero-order valence-corrected chi connectivity index (χ0v) is 13.4. The molecule has 3 N–H and O–H groups in total. The molecule has 0 aliphatic heterocycles. The van der Waals surface area contributed by atoms with E-state index in [1.54, 1.807) is 0 Å². The van der Waals surface area contributed by atoms with Crippen LogP contribution in [0.5, 0.6) is 0 Å². The maximum atomic E-state index is 10.6. The number of nitrogens with one attached hydrogen (secondary N) is 2. The van der Waals surface area contributed by atoms with Crippen LogP contribution in [0.4, 0.5) is 0 Å². The van der Waals surface area contributed by atoms with Crippen molar-refractivity contribution in [2.24, 2.45) is 4.99 Å². The molecule has 2 atom stereocenters. The van der Waals surface area contributed by atoms with E-state index in [9.17, 15) is 5.11 Å². The Morgan fingerprint density at radius 3 is 2.70 bits per heavy atom. The summed E-state index contributed by atoms with van der Waals surface area (Å²) in [7, 11) is 0. The highest BCUT2D eigenvalue weighted by Crippen LogP contribution is 2.41. The quantitative estimate of drug-likeness (QED) is 0.398. The highest BCUT2D eigenvalue weighted by Gasteiger charge is 2.45. The van der Waals surface area contributed by atoms with Crippen molar-refractivity contribution in [1.29, 1.82) is 0 Å². The molecule has 5 heteroatoms. The Balaban J connectivity index is 1.87. The first kappa shape index (κ1) is 15.7. The number of hydrogen-bond acceptors (Lipinski definition) is 3. The summed E-state index contributed by atoms with van der Waals surface area (Å²) in [6.07, 6.45) is 8.51. The molecule has 2 rings (SSSR count). The van der Waals surface area contributed by atoms with E-state index >= 15 is 0 Å². The second-order valence-electron chi connectivity index (χ2n) is 5.57. The summed E-state index contributed by atoms with van der Waals surface area (Å²) in [5.74, 6) is 1.89. The standard InChI is InChI=1S/C15H27N3OS/c1-3-16-14(18-12-7-5-6-8-12)17-11-15(19)10-9-13(15)20-4-2/h5-6,12-13,19H,3-4,7-11H2,1-2H3,(H2,16,17,18). The van der Waals surface area contributed by atoms with Crippen LogP contribution in [0.25, 0.3) is 0 Å². The van der Waals surface area contributed by atoms with Gasteiger partial charge in [0.1, 0.15) is 0 Å². The van der Waals surface area contributed by atoms with Crippen molar-refractivity contribution >= 4 is 17.7 Å². The second-order valence-corrected chi connectivity index (χ2v) is 7.05. The summed E-state index contributed by atoms with van der Waals surface area (Å²) in [6.45, 7) is 5.56. The molecule has 0 aromatic heterocycles. The monoisotopic (exact) mass is 297 g/mol. The van der Waals surface area contributed by atoms with Gasteiger partial charge in [-0.1, -0.05) is 19.1 Å². The summed E-state index contributed by atoms with van der Waals surface area (Å²) in [4.78, 5) is 4.61. The molecule has 20 heavy (non-hydrogen) atoms. The van der Waals surface area contributed by atoms with E-state index in [1.165, 1.54) is 0 Å². The Morgan fingerprint density at radius 2 is 2.15 bits per heavy atom. The molecule has 2 unspecified atom stereocenters. The number of thioether (sulfide) groups is 1. The van der Waals surface area contributed by atoms with Crippen LogP contribution in [0.3, 0.4) is 0 Å². The molecule has 0 spiro atoms. The van der Waals surface area contributed by atoms with Crippen molar-refractivity contribution in [2.45, 2.75) is 56.4 Å². The van der Waals surface area contributed by atoms with Crippen LogP contribution in [0, 0.1) is 0 Å². The third-order valence-corrected chi connectivity index (χ3v) is 5.42. The lowest BCUT2D eigenvalue weighted by Crippen LogP contribution is -2.53. The Bertz CT molecular complexity index is 364. The Labute approximate surface area is 126 Å². The molecule has 0 bridgehead atoms. The first-order chi connectivity index (χ1) is 9.68. The third kappa shape index (κ3) is 3.92. The fourth-order valence-electron chi connectivity index (χ4n) is 2.68. The minimum absolute atomic E-state index is 0.354. The predicted octanol–water partition coefficient (Wildman–Crippen LogP) is 1.91. The zero-order valence-electron chi connectivity index (χ0n) is 12.6. The molecule has 1 fully saturated rings. The first-order valence-electron chi connectivity index (χ1n) is 7.71. The van der Waals surface area contributed by atoms with Gasteiger partial charge in [-0.3, -0.25) is 4.99 Å². The van der Waals surface area contributed by atoms with E-state index in [0.29, 0.717) is 17.8 Å². The van der Waals surface area contributed by atoms with Crippen LogP contribution in [0.2, 0.25) is 0 Å². The molecule has 2 aliphatic carbocycles. The van der Waals surface area contributed by atoms with E-state index < -0.39 is 5.60 Å². The van der Waals surface area contributed by atoms with Crippen LogP contribution < -0.4 is 10.6 Å². The second kappa shape index (κ2) is 7.36. The summed E-state index contributed by atoms with van der Waals surface area (Å²) < 4.78 is 0. The summed E-state index contributed by atoms with van der Waals surface area (Å²) in [6, 6.07) is 0.449. The van der Waals surface area contributed by atoms with E-state index in [0.717, 1.165) is 43.9 Å². The highest BCUT2D eigenvalue weighted by atomic mass is 32.2. The van der Waals surface area contributed by atoms with Crippen molar-refractivity contribution in [2.75, 3.05) is 18.8 Å². The van der Waals surface area contributed by atoms with Gasteiger partial charge in [-0.25, -0.2) is 0 Å². The van der Waals surface area contributed by atoms with Crippen LogP contribution in [0.15, 0.2) is 17.1 Å². The van der Waals surface area contributed by atoms with Gasteiger partial charge in [-0.05, 0) is 38.4 Å². The zero-order chi connectivity index (χ0) is 14.4. The number of guanidine groups is 1. The first-order valence-corrected chi connectivity index (χ1v) is 8.76. The molecule has 0 radical (unpaired) electrons. The average Bonchev–Trinajstić information content (AvgIpc) is 2.94. The number of hydrogen-bond donors (Lipinski definition) is 3. The van der Waals surface area contributed by atoms with Crippen molar-refractivity contribution in [3.8, 4) is 0 Å². The van der Waals surface area contributed by atoms with Gasteiger partial charge >= 0.3 is 0 Å². The lowest BCUT2D eigenvalue weighted by atomic mass is 9.79.